The summed E-state index contributed by atoms with van der Waals surface area (Å²) in [7, 11) is 0. The van der Waals surface area contributed by atoms with Crippen LogP contribution in [0.1, 0.15) is 49.4 Å². The lowest BCUT2D eigenvalue weighted by Crippen LogP contribution is -2.27. The van der Waals surface area contributed by atoms with Gasteiger partial charge in [-0.25, -0.2) is 0 Å². The second kappa shape index (κ2) is 9.56. The molecular weight excluding hydrogens is 408 g/mol. The molecule has 2 aromatic carbocycles. The van der Waals surface area contributed by atoms with Gasteiger partial charge in [0.25, 0.3) is 0 Å². The van der Waals surface area contributed by atoms with Crippen LogP contribution in [0.2, 0.25) is 0 Å². The third-order valence-electron chi connectivity index (χ3n) is 5.37. The maximum absolute atomic E-state index is 9.52. The Morgan fingerprint density at radius 2 is 2.10 bits per heavy atom. The minimum absolute atomic E-state index is 0.00559. The van der Waals surface area contributed by atoms with E-state index in [2.05, 4.69) is 39.8 Å². The SMILES string of the molecule is CC(C)Oc1ccc(-c2nnc(-c3cccc4c3CCC[C@H]4NCCO)s2)cc1C#N. The van der Waals surface area contributed by atoms with Crippen molar-refractivity contribution in [3.05, 3.63) is 53.1 Å². The van der Waals surface area contributed by atoms with Gasteiger partial charge in [0, 0.05) is 23.7 Å². The second-order valence-electron chi connectivity index (χ2n) is 7.90. The van der Waals surface area contributed by atoms with Gasteiger partial charge in [0.15, 0.2) is 0 Å². The van der Waals surface area contributed by atoms with Crippen LogP contribution in [-0.2, 0) is 6.42 Å². The Bertz CT molecular complexity index is 1100. The molecule has 0 amide bonds. The molecule has 0 saturated heterocycles. The number of ether oxygens (including phenoxy) is 1. The Kier molecular flexibility index (Phi) is 6.62. The first kappa shape index (κ1) is 21.4. The molecule has 2 N–H and O–H groups in total. The summed E-state index contributed by atoms with van der Waals surface area (Å²) < 4.78 is 5.73. The normalized spacial score (nSPS) is 15.5. The first-order valence-electron chi connectivity index (χ1n) is 10.6. The topological polar surface area (TPSA) is 91.1 Å². The Balaban J connectivity index is 1.65. The molecule has 160 valence electrons. The van der Waals surface area contributed by atoms with E-state index >= 15 is 0 Å². The molecule has 0 aliphatic heterocycles. The number of nitrogens with one attached hydrogen (secondary N) is 1. The van der Waals surface area contributed by atoms with E-state index in [-0.39, 0.29) is 18.8 Å². The van der Waals surface area contributed by atoms with Crippen molar-refractivity contribution in [3.63, 3.8) is 0 Å². The summed E-state index contributed by atoms with van der Waals surface area (Å²) in [6, 6.07) is 14.4. The van der Waals surface area contributed by atoms with Gasteiger partial charge in [-0.05, 0) is 62.4 Å². The lowest BCUT2D eigenvalue weighted by molar-refractivity contribution is 0.242. The highest BCUT2D eigenvalue weighted by Gasteiger charge is 2.23. The van der Waals surface area contributed by atoms with E-state index in [0.717, 1.165) is 40.4 Å². The van der Waals surface area contributed by atoms with E-state index in [1.54, 1.807) is 0 Å². The molecule has 1 atom stereocenters. The Morgan fingerprint density at radius 3 is 2.87 bits per heavy atom. The van der Waals surface area contributed by atoms with E-state index in [4.69, 9.17) is 4.74 Å². The van der Waals surface area contributed by atoms with Gasteiger partial charge in [0.1, 0.15) is 21.8 Å². The molecule has 0 saturated carbocycles. The molecule has 0 bridgehead atoms. The number of rotatable bonds is 7. The maximum Gasteiger partial charge on any atom is 0.148 e. The summed E-state index contributed by atoms with van der Waals surface area (Å²) in [5.74, 6) is 0.588. The molecule has 1 aliphatic carbocycles. The lowest BCUT2D eigenvalue weighted by Gasteiger charge is -2.27. The van der Waals surface area contributed by atoms with Crippen LogP contribution < -0.4 is 10.1 Å². The van der Waals surface area contributed by atoms with Crippen LogP contribution in [0.15, 0.2) is 36.4 Å². The monoisotopic (exact) mass is 434 g/mol. The van der Waals surface area contributed by atoms with Gasteiger partial charge < -0.3 is 15.2 Å². The summed E-state index contributed by atoms with van der Waals surface area (Å²) in [4.78, 5) is 0. The van der Waals surface area contributed by atoms with Gasteiger partial charge in [0.05, 0.1) is 18.3 Å². The zero-order chi connectivity index (χ0) is 21.8. The highest BCUT2D eigenvalue weighted by Crippen LogP contribution is 2.39. The smallest absolute Gasteiger partial charge is 0.148 e. The molecule has 1 heterocycles. The lowest BCUT2D eigenvalue weighted by atomic mass is 9.85. The fourth-order valence-electron chi connectivity index (χ4n) is 4.06. The molecule has 0 radical (unpaired) electrons. The molecule has 0 fully saturated rings. The number of hydrogen-bond acceptors (Lipinski definition) is 7. The summed E-state index contributed by atoms with van der Waals surface area (Å²) >= 11 is 1.54. The standard InChI is InChI=1S/C24H26N4O2S/c1-15(2)30-22-10-9-16(13-17(22)14-25)23-27-28-24(31-23)20-7-3-6-19-18(20)5-4-8-21(19)26-11-12-29/h3,6-7,9-10,13,15,21,26,29H,4-5,8,11-12H2,1-2H3/t21-/m1/s1. The Labute approximate surface area is 186 Å². The fraction of sp³-hybridized carbons (Fsp3) is 0.375. The number of aliphatic hydroxyl groups is 1. The van der Waals surface area contributed by atoms with Crippen molar-refractivity contribution in [1.82, 2.24) is 15.5 Å². The van der Waals surface area contributed by atoms with E-state index in [1.165, 1.54) is 22.5 Å². The van der Waals surface area contributed by atoms with Crippen molar-refractivity contribution >= 4 is 11.3 Å². The molecule has 1 aromatic heterocycles. The van der Waals surface area contributed by atoms with E-state index < -0.39 is 0 Å². The number of hydrogen-bond donors (Lipinski definition) is 2. The molecule has 7 heteroatoms. The van der Waals surface area contributed by atoms with Crippen molar-refractivity contribution in [3.8, 4) is 33.0 Å². The molecule has 0 spiro atoms. The quantitative estimate of drug-likeness (QED) is 0.569. The summed E-state index contributed by atoms with van der Waals surface area (Å²) in [6.45, 7) is 4.61. The zero-order valence-electron chi connectivity index (χ0n) is 17.8. The van der Waals surface area contributed by atoms with Crippen molar-refractivity contribution < 1.29 is 9.84 Å². The number of aromatic nitrogens is 2. The zero-order valence-corrected chi connectivity index (χ0v) is 18.6. The van der Waals surface area contributed by atoms with Gasteiger partial charge in [0.2, 0.25) is 0 Å². The molecule has 3 aromatic rings. The van der Waals surface area contributed by atoms with Gasteiger partial charge in [-0.15, -0.1) is 10.2 Å². The second-order valence-corrected chi connectivity index (χ2v) is 8.88. The predicted octanol–water partition coefficient (Wildman–Crippen LogP) is 4.49. The van der Waals surface area contributed by atoms with Crippen LogP contribution in [0.4, 0.5) is 0 Å². The summed E-state index contributed by atoms with van der Waals surface area (Å²) in [5.41, 5.74) is 5.08. The average Bonchev–Trinajstić information content (AvgIpc) is 3.27. The van der Waals surface area contributed by atoms with Gasteiger partial charge in [-0.2, -0.15) is 5.26 Å². The molecule has 0 unspecified atom stereocenters. The van der Waals surface area contributed by atoms with Crippen LogP contribution >= 0.6 is 11.3 Å². The fourth-order valence-corrected chi connectivity index (χ4v) is 4.95. The van der Waals surface area contributed by atoms with Crippen molar-refractivity contribution in [2.45, 2.75) is 45.3 Å². The van der Waals surface area contributed by atoms with Gasteiger partial charge in [-0.3, -0.25) is 0 Å². The first-order chi connectivity index (χ1) is 15.1. The number of fused-ring (bicyclic) bond motifs is 1. The molecular formula is C24H26N4O2S. The van der Waals surface area contributed by atoms with Gasteiger partial charge in [-0.1, -0.05) is 29.5 Å². The highest BCUT2D eigenvalue weighted by molar-refractivity contribution is 7.17. The predicted molar refractivity (Wildman–Crippen MR) is 122 cm³/mol. The molecule has 1 aliphatic rings. The Morgan fingerprint density at radius 1 is 1.26 bits per heavy atom. The molecule has 31 heavy (non-hydrogen) atoms. The minimum atomic E-state index is 0.00559. The van der Waals surface area contributed by atoms with Crippen molar-refractivity contribution in [1.29, 1.82) is 5.26 Å². The Hall–Kier alpha value is -2.79. The van der Waals surface area contributed by atoms with Crippen molar-refractivity contribution in [2.75, 3.05) is 13.2 Å². The number of aliphatic hydroxyl groups excluding tert-OH is 1. The number of nitrogens with zero attached hydrogens (tertiary/aromatic N) is 3. The number of nitriles is 1. The van der Waals surface area contributed by atoms with Crippen molar-refractivity contribution in [2.24, 2.45) is 0 Å². The van der Waals surface area contributed by atoms with Crippen LogP contribution in [0, 0.1) is 11.3 Å². The van der Waals surface area contributed by atoms with E-state index in [9.17, 15) is 10.4 Å². The average molecular weight is 435 g/mol. The molecule has 4 rings (SSSR count). The highest BCUT2D eigenvalue weighted by atomic mass is 32.1. The largest absolute Gasteiger partial charge is 0.490 e. The summed E-state index contributed by atoms with van der Waals surface area (Å²) in [6.07, 6.45) is 3.18. The third-order valence-corrected chi connectivity index (χ3v) is 6.38. The number of benzene rings is 2. The maximum atomic E-state index is 9.52. The van der Waals surface area contributed by atoms with Crippen LogP contribution in [0.3, 0.4) is 0 Å². The van der Waals surface area contributed by atoms with Crippen LogP contribution in [0.25, 0.3) is 21.1 Å². The summed E-state index contributed by atoms with van der Waals surface area (Å²) in [5, 5.41) is 32.7. The first-order valence-corrected chi connectivity index (χ1v) is 11.4. The van der Waals surface area contributed by atoms with E-state index in [0.29, 0.717) is 17.9 Å². The van der Waals surface area contributed by atoms with Crippen LogP contribution in [0.5, 0.6) is 5.75 Å². The minimum Gasteiger partial charge on any atom is -0.490 e. The molecule has 6 nitrogen and oxygen atoms in total. The third kappa shape index (κ3) is 4.62. The van der Waals surface area contributed by atoms with Gasteiger partial charge >= 0.3 is 0 Å². The van der Waals surface area contributed by atoms with E-state index in [1.807, 2.05) is 32.0 Å². The van der Waals surface area contributed by atoms with Crippen LogP contribution in [-0.4, -0.2) is 34.6 Å².